The third-order valence-corrected chi connectivity index (χ3v) is 3.63. The quantitative estimate of drug-likeness (QED) is 0.534. The maximum absolute atomic E-state index is 12.2. The number of aromatic amines is 1. The molecule has 3 aromatic heterocycles. The van der Waals surface area contributed by atoms with E-state index in [1.807, 2.05) is 5.38 Å². The van der Waals surface area contributed by atoms with Gasteiger partial charge in [0.15, 0.2) is 10.9 Å². The lowest BCUT2D eigenvalue weighted by molar-refractivity contribution is 0.0953. The summed E-state index contributed by atoms with van der Waals surface area (Å²) in [6.07, 6.45) is 4.36. The van der Waals surface area contributed by atoms with Crippen LogP contribution < -0.4 is 11.1 Å². The van der Waals surface area contributed by atoms with Gasteiger partial charge in [-0.1, -0.05) is 0 Å². The molecule has 0 bridgehead atoms. The first kappa shape index (κ1) is 14.1. The molecule has 0 unspecified atom stereocenters. The Morgan fingerprint density at radius 1 is 1.50 bits per heavy atom. The summed E-state index contributed by atoms with van der Waals surface area (Å²) in [5, 5.41) is 22.6. The number of tetrazole rings is 1. The van der Waals surface area contributed by atoms with Crippen molar-refractivity contribution in [3.05, 3.63) is 29.2 Å². The molecule has 3 rings (SSSR count). The molecule has 0 saturated carbocycles. The highest BCUT2D eigenvalue weighted by Crippen LogP contribution is 2.12. The number of rotatable bonds is 6. The van der Waals surface area contributed by atoms with Crippen LogP contribution in [0.2, 0.25) is 0 Å². The molecule has 0 aliphatic heterocycles. The van der Waals surface area contributed by atoms with Crippen molar-refractivity contribution in [1.29, 1.82) is 0 Å². The zero-order chi connectivity index (χ0) is 15.4. The summed E-state index contributed by atoms with van der Waals surface area (Å²) < 4.78 is 1.35. The van der Waals surface area contributed by atoms with Crippen LogP contribution in [-0.2, 0) is 6.42 Å². The van der Waals surface area contributed by atoms with Crippen LogP contribution in [-0.4, -0.2) is 47.8 Å². The standard InChI is InChI=1S/C11H13N9OS/c12-11-16-7(5-22-11)2-1-3-13-10(21)8-4-14-17-9(8)20-6-15-18-19-20/h4-6H,1-3H2,(H2,12,16)(H,13,21)(H,14,17). The van der Waals surface area contributed by atoms with Crippen molar-refractivity contribution in [2.75, 3.05) is 12.3 Å². The Balaban J connectivity index is 1.53. The van der Waals surface area contributed by atoms with E-state index in [9.17, 15) is 4.79 Å². The highest BCUT2D eigenvalue weighted by molar-refractivity contribution is 7.13. The zero-order valence-electron chi connectivity index (χ0n) is 11.4. The second-order valence-electron chi connectivity index (χ2n) is 4.42. The van der Waals surface area contributed by atoms with Gasteiger partial charge in [-0.2, -0.15) is 9.78 Å². The van der Waals surface area contributed by atoms with Crippen LogP contribution in [0.3, 0.4) is 0 Å². The molecule has 0 spiro atoms. The van der Waals surface area contributed by atoms with Crippen LogP contribution in [0.25, 0.3) is 5.82 Å². The summed E-state index contributed by atoms with van der Waals surface area (Å²) in [5.41, 5.74) is 6.89. The van der Waals surface area contributed by atoms with E-state index in [1.165, 1.54) is 28.5 Å². The molecular weight excluding hydrogens is 306 g/mol. The van der Waals surface area contributed by atoms with Crippen molar-refractivity contribution in [2.24, 2.45) is 0 Å². The molecule has 0 aromatic carbocycles. The van der Waals surface area contributed by atoms with Crippen LogP contribution in [0, 0.1) is 0 Å². The Bertz CT molecular complexity index is 747. The minimum absolute atomic E-state index is 0.239. The van der Waals surface area contributed by atoms with Gasteiger partial charge >= 0.3 is 0 Å². The van der Waals surface area contributed by atoms with E-state index in [0.29, 0.717) is 23.1 Å². The van der Waals surface area contributed by atoms with Gasteiger partial charge < -0.3 is 11.1 Å². The molecule has 0 saturated heterocycles. The number of nitrogen functional groups attached to an aromatic ring is 1. The first-order valence-corrected chi connectivity index (χ1v) is 7.37. The Hall–Kier alpha value is -2.82. The Kier molecular flexibility index (Phi) is 4.05. The number of nitrogens with zero attached hydrogens (tertiary/aromatic N) is 6. The fourth-order valence-corrected chi connectivity index (χ4v) is 2.49. The Labute approximate surface area is 128 Å². The summed E-state index contributed by atoms with van der Waals surface area (Å²) in [7, 11) is 0. The van der Waals surface area contributed by atoms with Gasteiger partial charge in [0, 0.05) is 11.9 Å². The molecule has 11 heteroatoms. The number of nitrogens with two attached hydrogens (primary N) is 1. The van der Waals surface area contributed by atoms with Gasteiger partial charge in [-0.25, -0.2) is 4.98 Å². The SMILES string of the molecule is Nc1nc(CCCNC(=O)c2cn[nH]c2-n2cnnn2)cs1. The minimum atomic E-state index is -0.239. The average Bonchev–Trinajstić information content (AvgIpc) is 3.23. The molecule has 0 radical (unpaired) electrons. The van der Waals surface area contributed by atoms with Gasteiger partial charge in [-0.3, -0.25) is 9.89 Å². The average molecular weight is 319 g/mol. The molecule has 1 amide bonds. The number of thiazole rings is 1. The predicted molar refractivity (Wildman–Crippen MR) is 78.5 cm³/mol. The number of hydrogen-bond acceptors (Lipinski definition) is 8. The highest BCUT2D eigenvalue weighted by Gasteiger charge is 2.15. The van der Waals surface area contributed by atoms with Gasteiger partial charge in [0.1, 0.15) is 11.9 Å². The lowest BCUT2D eigenvalue weighted by Crippen LogP contribution is -2.25. The summed E-state index contributed by atoms with van der Waals surface area (Å²) in [6.45, 7) is 0.524. The molecule has 114 valence electrons. The number of nitrogens with one attached hydrogen (secondary N) is 2. The number of anilines is 1. The lowest BCUT2D eigenvalue weighted by atomic mass is 10.2. The second-order valence-corrected chi connectivity index (χ2v) is 5.31. The summed E-state index contributed by atoms with van der Waals surface area (Å²) in [5.74, 6) is 0.187. The number of carbonyl (C=O) groups is 1. The number of H-pyrrole nitrogens is 1. The first-order chi connectivity index (χ1) is 10.7. The van der Waals surface area contributed by atoms with Gasteiger partial charge in [-0.15, -0.1) is 16.4 Å². The smallest absolute Gasteiger partial charge is 0.256 e. The second kappa shape index (κ2) is 6.30. The fourth-order valence-electron chi connectivity index (χ4n) is 1.89. The molecule has 0 fully saturated rings. The molecular formula is C11H13N9OS. The third-order valence-electron chi connectivity index (χ3n) is 2.91. The molecule has 4 N–H and O–H groups in total. The van der Waals surface area contributed by atoms with E-state index in [2.05, 4.69) is 36.0 Å². The maximum atomic E-state index is 12.2. The van der Waals surface area contributed by atoms with Crippen LogP contribution in [0.4, 0.5) is 5.13 Å². The van der Waals surface area contributed by atoms with Gasteiger partial charge in [-0.05, 0) is 23.3 Å². The molecule has 3 heterocycles. The van der Waals surface area contributed by atoms with Crippen LogP contribution >= 0.6 is 11.3 Å². The zero-order valence-corrected chi connectivity index (χ0v) is 12.2. The van der Waals surface area contributed by atoms with Crippen molar-refractivity contribution in [3.8, 4) is 5.82 Å². The van der Waals surface area contributed by atoms with E-state index < -0.39 is 0 Å². The molecule has 10 nitrogen and oxygen atoms in total. The van der Waals surface area contributed by atoms with Crippen LogP contribution in [0.15, 0.2) is 17.9 Å². The van der Waals surface area contributed by atoms with E-state index >= 15 is 0 Å². The van der Waals surface area contributed by atoms with Gasteiger partial charge in [0.25, 0.3) is 5.91 Å². The maximum Gasteiger partial charge on any atom is 0.256 e. The van der Waals surface area contributed by atoms with Gasteiger partial charge in [0.2, 0.25) is 0 Å². The fraction of sp³-hybridized carbons (Fsp3) is 0.273. The normalized spacial score (nSPS) is 10.7. The topological polar surface area (TPSA) is 140 Å². The van der Waals surface area contributed by atoms with Crippen molar-refractivity contribution < 1.29 is 4.79 Å². The van der Waals surface area contributed by atoms with E-state index in [4.69, 9.17) is 5.73 Å². The number of aryl methyl sites for hydroxylation is 1. The van der Waals surface area contributed by atoms with Crippen molar-refractivity contribution in [1.82, 2.24) is 40.7 Å². The Morgan fingerprint density at radius 2 is 2.41 bits per heavy atom. The van der Waals surface area contributed by atoms with Crippen molar-refractivity contribution >= 4 is 22.4 Å². The van der Waals surface area contributed by atoms with Crippen molar-refractivity contribution in [3.63, 3.8) is 0 Å². The number of aromatic nitrogens is 7. The van der Waals surface area contributed by atoms with Crippen LogP contribution in [0.5, 0.6) is 0 Å². The number of carbonyl (C=O) groups excluding carboxylic acids is 1. The summed E-state index contributed by atoms with van der Waals surface area (Å²) >= 11 is 1.41. The summed E-state index contributed by atoms with van der Waals surface area (Å²) in [6, 6.07) is 0. The molecule has 0 aliphatic rings. The van der Waals surface area contributed by atoms with Crippen LogP contribution in [0.1, 0.15) is 22.5 Å². The van der Waals surface area contributed by atoms with E-state index in [-0.39, 0.29) is 5.91 Å². The molecule has 22 heavy (non-hydrogen) atoms. The molecule has 3 aromatic rings. The largest absolute Gasteiger partial charge is 0.375 e. The predicted octanol–water partition coefficient (Wildman–Crippen LogP) is -0.213. The van der Waals surface area contributed by atoms with E-state index in [0.717, 1.165) is 18.5 Å². The monoisotopic (exact) mass is 319 g/mol. The molecule has 0 atom stereocenters. The lowest BCUT2D eigenvalue weighted by Gasteiger charge is -2.04. The number of hydrogen-bond donors (Lipinski definition) is 3. The van der Waals surface area contributed by atoms with Gasteiger partial charge in [0.05, 0.1) is 11.9 Å². The van der Waals surface area contributed by atoms with E-state index in [1.54, 1.807) is 0 Å². The number of amides is 1. The van der Waals surface area contributed by atoms with Crippen molar-refractivity contribution in [2.45, 2.75) is 12.8 Å². The third kappa shape index (κ3) is 3.09. The Morgan fingerprint density at radius 3 is 3.14 bits per heavy atom. The summed E-state index contributed by atoms with van der Waals surface area (Å²) in [4.78, 5) is 16.3. The first-order valence-electron chi connectivity index (χ1n) is 6.49. The minimum Gasteiger partial charge on any atom is -0.375 e. The molecule has 0 aliphatic carbocycles. The highest BCUT2D eigenvalue weighted by atomic mass is 32.1.